The molecule has 4 aromatic rings. The summed E-state index contributed by atoms with van der Waals surface area (Å²) in [4.78, 5) is 7.75. The zero-order chi connectivity index (χ0) is 26.6. The van der Waals surface area contributed by atoms with E-state index in [0.717, 1.165) is 56.0 Å². The minimum absolute atomic E-state index is 0.100. The molecule has 1 aromatic carbocycles. The highest BCUT2D eigenvalue weighted by Gasteiger charge is 2.21. The van der Waals surface area contributed by atoms with Gasteiger partial charge in [0.25, 0.3) is 0 Å². The zero-order valence-electron chi connectivity index (χ0n) is 22.0. The van der Waals surface area contributed by atoms with E-state index in [1.165, 1.54) is 23.9 Å². The van der Waals surface area contributed by atoms with E-state index >= 15 is 0 Å². The molecule has 198 valence electrons. The first kappa shape index (κ1) is 28.2. The zero-order valence-corrected chi connectivity index (χ0v) is 22.0. The Kier molecular flexibility index (Phi) is 11.0. The summed E-state index contributed by atoms with van der Waals surface area (Å²) in [7, 11) is 0. The van der Waals surface area contributed by atoms with E-state index in [4.69, 9.17) is 9.26 Å². The summed E-state index contributed by atoms with van der Waals surface area (Å²) in [6.45, 7) is 11.3. The third kappa shape index (κ3) is 6.90. The van der Waals surface area contributed by atoms with Crippen LogP contribution >= 0.6 is 0 Å². The van der Waals surface area contributed by atoms with E-state index in [1.807, 2.05) is 27.0 Å². The lowest BCUT2D eigenvalue weighted by Gasteiger charge is -2.10. The predicted octanol–water partition coefficient (Wildman–Crippen LogP) is 7.39. The second-order valence-electron chi connectivity index (χ2n) is 8.18. The number of ether oxygens (including phenoxy) is 1. The molecule has 3 aromatic heterocycles. The van der Waals surface area contributed by atoms with Crippen LogP contribution in [0.15, 0.2) is 53.5 Å². The number of nitrogens with one attached hydrogen (secondary N) is 2. The van der Waals surface area contributed by atoms with Gasteiger partial charge in [0.15, 0.2) is 17.4 Å². The molecule has 6 nitrogen and oxygen atoms in total. The Morgan fingerprint density at radius 2 is 1.95 bits per heavy atom. The van der Waals surface area contributed by atoms with Gasteiger partial charge in [-0.2, -0.15) is 0 Å². The van der Waals surface area contributed by atoms with Crippen molar-refractivity contribution < 1.29 is 18.0 Å². The lowest BCUT2D eigenvalue weighted by Crippen LogP contribution is -2.20. The van der Waals surface area contributed by atoms with Gasteiger partial charge in [-0.3, -0.25) is 0 Å². The maximum absolute atomic E-state index is 14.5. The van der Waals surface area contributed by atoms with Crippen molar-refractivity contribution in [2.75, 3.05) is 26.3 Å². The molecule has 0 spiro atoms. The van der Waals surface area contributed by atoms with E-state index in [9.17, 15) is 8.78 Å². The van der Waals surface area contributed by atoms with Gasteiger partial charge in [0, 0.05) is 42.1 Å². The topological polar surface area (TPSA) is 76.0 Å². The number of hydrogen-bond donors (Lipinski definition) is 2. The fraction of sp³-hybridized carbons (Fsp3) is 0.379. The Bertz CT molecular complexity index is 1300. The summed E-state index contributed by atoms with van der Waals surface area (Å²) in [6.07, 6.45) is 10.1. The Morgan fingerprint density at radius 1 is 1.11 bits per heavy atom. The standard InChI is InChI=1S/C27H30F2N4O2.C2H6/c1-3-7-18(8-6-11-30-12-13-34-4-2)19-14-21-22(16-32-27(21)31-15-19)26-23(17-33-35-26)20-9-5-10-24(28)25(20)29;1-2/h5,7,9-10,14-17,30H,3-4,6,8,11-13H2,1-2H3,(H,31,32);1-2H3/b18-7+;. The summed E-state index contributed by atoms with van der Waals surface area (Å²) in [6, 6.07) is 6.13. The third-order valence-corrected chi connectivity index (χ3v) is 5.84. The quantitative estimate of drug-likeness (QED) is 0.194. The number of hydrogen-bond acceptors (Lipinski definition) is 5. The Hall–Kier alpha value is -3.36. The first-order chi connectivity index (χ1) is 18.1. The number of rotatable bonds is 12. The molecule has 0 radical (unpaired) electrons. The smallest absolute Gasteiger partial charge is 0.176 e. The molecule has 0 amide bonds. The van der Waals surface area contributed by atoms with Crippen LogP contribution in [0.25, 0.3) is 39.1 Å². The van der Waals surface area contributed by atoms with Crippen LogP contribution in [0.3, 0.4) is 0 Å². The monoisotopic (exact) mass is 510 g/mol. The van der Waals surface area contributed by atoms with Crippen LogP contribution in [-0.4, -0.2) is 41.4 Å². The van der Waals surface area contributed by atoms with Crippen LogP contribution in [0.4, 0.5) is 8.78 Å². The number of fused-ring (bicyclic) bond motifs is 1. The van der Waals surface area contributed by atoms with Crippen molar-refractivity contribution in [2.24, 2.45) is 0 Å². The molecule has 0 fully saturated rings. The maximum atomic E-state index is 14.5. The summed E-state index contributed by atoms with van der Waals surface area (Å²) >= 11 is 0. The minimum atomic E-state index is -0.932. The van der Waals surface area contributed by atoms with Crippen LogP contribution in [0, 0.1) is 11.6 Å². The third-order valence-electron chi connectivity index (χ3n) is 5.84. The fourth-order valence-electron chi connectivity index (χ4n) is 4.13. The SMILES string of the molecule is CC.CC/C=C(\CCCNCCOCC)c1cnc2[nH]cc(-c3oncc3-c3cccc(F)c3F)c2c1. The number of allylic oxidation sites excluding steroid dienone is 2. The molecule has 0 unspecified atom stereocenters. The van der Waals surface area contributed by atoms with Crippen molar-refractivity contribution in [1.29, 1.82) is 0 Å². The first-order valence-corrected chi connectivity index (χ1v) is 13.0. The van der Waals surface area contributed by atoms with Crippen LogP contribution < -0.4 is 5.32 Å². The van der Waals surface area contributed by atoms with Gasteiger partial charge in [0.2, 0.25) is 0 Å². The van der Waals surface area contributed by atoms with E-state index in [-0.39, 0.29) is 5.56 Å². The van der Waals surface area contributed by atoms with Crippen molar-refractivity contribution in [3.8, 4) is 22.5 Å². The number of nitrogens with zero attached hydrogens (tertiary/aromatic N) is 2. The second kappa shape index (κ2) is 14.4. The number of pyridine rings is 1. The largest absolute Gasteiger partial charge is 0.380 e. The number of H-pyrrole nitrogens is 1. The lowest BCUT2D eigenvalue weighted by atomic mass is 9.98. The molecule has 37 heavy (non-hydrogen) atoms. The Morgan fingerprint density at radius 3 is 2.73 bits per heavy atom. The van der Waals surface area contributed by atoms with Crippen LogP contribution in [-0.2, 0) is 4.74 Å². The molecular weight excluding hydrogens is 474 g/mol. The van der Waals surface area contributed by atoms with Gasteiger partial charge in [0.05, 0.1) is 18.4 Å². The average Bonchev–Trinajstić information content (AvgIpc) is 3.57. The number of aromatic nitrogens is 3. The van der Waals surface area contributed by atoms with Crippen molar-refractivity contribution in [3.63, 3.8) is 0 Å². The van der Waals surface area contributed by atoms with Crippen LogP contribution in [0.2, 0.25) is 0 Å². The van der Waals surface area contributed by atoms with Crippen molar-refractivity contribution >= 4 is 16.6 Å². The highest BCUT2D eigenvalue weighted by molar-refractivity contribution is 5.97. The molecule has 0 aliphatic carbocycles. The Balaban J connectivity index is 0.00000186. The minimum Gasteiger partial charge on any atom is -0.380 e. The molecule has 0 aliphatic heterocycles. The van der Waals surface area contributed by atoms with Crippen molar-refractivity contribution in [3.05, 3.63) is 66.1 Å². The molecular formula is C29H36F2N4O2. The summed E-state index contributed by atoms with van der Waals surface area (Å²) < 4.78 is 39.2. The first-order valence-electron chi connectivity index (χ1n) is 13.0. The fourth-order valence-corrected chi connectivity index (χ4v) is 4.13. The van der Waals surface area contributed by atoms with E-state index in [1.54, 1.807) is 6.20 Å². The molecule has 8 heteroatoms. The number of benzene rings is 1. The van der Waals surface area contributed by atoms with Crippen LogP contribution in [0.5, 0.6) is 0 Å². The van der Waals surface area contributed by atoms with Crippen molar-refractivity contribution in [2.45, 2.75) is 47.0 Å². The molecule has 0 saturated carbocycles. The second-order valence-corrected chi connectivity index (χ2v) is 8.18. The average molecular weight is 511 g/mol. The molecule has 0 aliphatic rings. The molecule has 4 rings (SSSR count). The van der Waals surface area contributed by atoms with Gasteiger partial charge >= 0.3 is 0 Å². The van der Waals surface area contributed by atoms with E-state index < -0.39 is 11.6 Å². The van der Waals surface area contributed by atoms with Gasteiger partial charge in [-0.1, -0.05) is 44.1 Å². The normalized spacial score (nSPS) is 11.6. The highest BCUT2D eigenvalue weighted by Crippen LogP contribution is 2.38. The predicted molar refractivity (Wildman–Crippen MR) is 145 cm³/mol. The van der Waals surface area contributed by atoms with Crippen LogP contribution in [0.1, 0.15) is 52.5 Å². The summed E-state index contributed by atoms with van der Waals surface area (Å²) in [5.74, 6) is -1.49. The number of halogens is 2. The van der Waals surface area contributed by atoms with Gasteiger partial charge in [-0.05, 0) is 56.0 Å². The van der Waals surface area contributed by atoms with Gasteiger partial charge in [0.1, 0.15) is 5.65 Å². The highest BCUT2D eigenvalue weighted by atomic mass is 19.2. The van der Waals surface area contributed by atoms with E-state index in [2.05, 4.69) is 39.5 Å². The van der Waals surface area contributed by atoms with Crippen molar-refractivity contribution in [1.82, 2.24) is 20.4 Å². The molecule has 0 atom stereocenters. The molecule has 0 bridgehead atoms. The maximum Gasteiger partial charge on any atom is 0.176 e. The van der Waals surface area contributed by atoms with Gasteiger partial charge < -0.3 is 19.6 Å². The summed E-state index contributed by atoms with van der Waals surface area (Å²) in [5, 5.41) is 8.10. The summed E-state index contributed by atoms with van der Waals surface area (Å²) in [5.41, 5.74) is 4.10. The van der Waals surface area contributed by atoms with Gasteiger partial charge in [-0.25, -0.2) is 13.8 Å². The van der Waals surface area contributed by atoms with E-state index in [0.29, 0.717) is 29.1 Å². The molecule has 2 N–H and O–H groups in total. The Labute approximate surface area is 217 Å². The molecule has 0 saturated heterocycles. The van der Waals surface area contributed by atoms with Gasteiger partial charge in [-0.15, -0.1) is 0 Å². The lowest BCUT2D eigenvalue weighted by molar-refractivity contribution is 0.149. The molecule has 3 heterocycles. The number of aromatic amines is 1.